The minimum Gasteiger partial charge on any atom is -0.389 e. The lowest BCUT2D eigenvalue weighted by atomic mass is 9.88. The summed E-state index contributed by atoms with van der Waals surface area (Å²) in [6.07, 6.45) is 2.86. The van der Waals surface area contributed by atoms with Gasteiger partial charge in [-0.2, -0.15) is 0 Å². The average molecular weight is 286 g/mol. The van der Waals surface area contributed by atoms with E-state index in [1.165, 1.54) is 6.07 Å². The minimum absolute atomic E-state index is 0.146. The molecule has 1 N–H and O–H groups in total. The Morgan fingerprint density at radius 2 is 2.16 bits per heavy atom. The van der Waals surface area contributed by atoms with Crippen molar-refractivity contribution in [3.63, 3.8) is 0 Å². The highest BCUT2D eigenvalue weighted by Gasteiger charge is 2.30. The number of aliphatic hydroxyl groups is 1. The van der Waals surface area contributed by atoms with Crippen LogP contribution in [0.2, 0.25) is 5.02 Å². The third-order valence-electron chi connectivity index (χ3n) is 4.01. The molecule has 0 saturated carbocycles. The van der Waals surface area contributed by atoms with Gasteiger partial charge in [-0.1, -0.05) is 30.7 Å². The van der Waals surface area contributed by atoms with E-state index in [4.69, 9.17) is 11.6 Å². The molecule has 4 heteroatoms. The molecular formula is C15H21ClFNO. The molecular weight excluding hydrogens is 265 g/mol. The van der Waals surface area contributed by atoms with E-state index < -0.39 is 11.4 Å². The fraction of sp³-hybridized carbons (Fsp3) is 0.600. The predicted octanol–water partition coefficient (Wildman–Crippen LogP) is 3.26. The van der Waals surface area contributed by atoms with Crippen LogP contribution in [-0.2, 0) is 6.42 Å². The van der Waals surface area contributed by atoms with Crippen molar-refractivity contribution in [2.75, 3.05) is 19.6 Å². The lowest BCUT2D eigenvalue weighted by Gasteiger charge is -2.27. The summed E-state index contributed by atoms with van der Waals surface area (Å²) in [5.74, 6) is -0.411. The monoisotopic (exact) mass is 285 g/mol. The van der Waals surface area contributed by atoms with Crippen molar-refractivity contribution in [2.24, 2.45) is 0 Å². The Labute approximate surface area is 119 Å². The first-order valence-corrected chi connectivity index (χ1v) is 7.29. The SMILES string of the molecule is CCN1CCCC(O)(Cc2cccc(F)c2Cl)CC1. The number of nitrogens with zero attached hydrogens (tertiary/aromatic N) is 1. The highest BCUT2D eigenvalue weighted by atomic mass is 35.5. The van der Waals surface area contributed by atoms with E-state index in [1.807, 2.05) is 0 Å². The second-order valence-electron chi connectivity index (χ2n) is 5.40. The number of hydrogen-bond acceptors (Lipinski definition) is 2. The molecule has 2 rings (SSSR count). The van der Waals surface area contributed by atoms with E-state index in [0.717, 1.165) is 32.5 Å². The summed E-state index contributed by atoms with van der Waals surface area (Å²) < 4.78 is 13.4. The molecule has 1 aliphatic rings. The third kappa shape index (κ3) is 3.68. The molecule has 1 saturated heterocycles. The number of hydrogen-bond donors (Lipinski definition) is 1. The molecule has 2 nitrogen and oxygen atoms in total. The van der Waals surface area contributed by atoms with Crippen LogP contribution < -0.4 is 0 Å². The van der Waals surface area contributed by atoms with E-state index in [1.54, 1.807) is 12.1 Å². The average Bonchev–Trinajstić information content (AvgIpc) is 2.57. The van der Waals surface area contributed by atoms with Crippen molar-refractivity contribution in [1.29, 1.82) is 0 Å². The van der Waals surface area contributed by atoms with Crippen LogP contribution in [0.1, 0.15) is 31.7 Å². The summed E-state index contributed by atoms with van der Waals surface area (Å²) in [5, 5.41) is 10.9. The van der Waals surface area contributed by atoms with Crippen LogP contribution >= 0.6 is 11.6 Å². The highest BCUT2D eigenvalue weighted by molar-refractivity contribution is 6.31. The molecule has 1 aromatic carbocycles. The van der Waals surface area contributed by atoms with Gasteiger partial charge in [0.05, 0.1) is 10.6 Å². The van der Waals surface area contributed by atoms with Gasteiger partial charge in [0, 0.05) is 13.0 Å². The van der Waals surface area contributed by atoms with Crippen molar-refractivity contribution in [3.05, 3.63) is 34.6 Å². The summed E-state index contributed by atoms with van der Waals surface area (Å²) in [7, 11) is 0. The predicted molar refractivity (Wildman–Crippen MR) is 76.0 cm³/mol. The number of likely N-dealkylation sites (tertiary alicyclic amines) is 1. The lowest BCUT2D eigenvalue weighted by molar-refractivity contribution is 0.0258. The Kier molecular flexibility index (Phi) is 4.82. The maximum Gasteiger partial charge on any atom is 0.142 e. The van der Waals surface area contributed by atoms with Crippen LogP contribution in [0.5, 0.6) is 0 Å². The second kappa shape index (κ2) is 6.21. The Morgan fingerprint density at radius 3 is 2.89 bits per heavy atom. The third-order valence-corrected chi connectivity index (χ3v) is 4.43. The maximum atomic E-state index is 13.4. The van der Waals surface area contributed by atoms with E-state index in [9.17, 15) is 9.50 Å². The first-order valence-electron chi connectivity index (χ1n) is 6.92. The quantitative estimate of drug-likeness (QED) is 0.921. The fourth-order valence-electron chi connectivity index (χ4n) is 2.77. The lowest BCUT2D eigenvalue weighted by Crippen LogP contribution is -2.33. The number of rotatable bonds is 3. The molecule has 0 spiro atoms. The standard InChI is InChI=1S/C15H21ClFNO/c1-2-18-9-4-7-15(19,8-10-18)11-12-5-3-6-13(17)14(12)16/h3,5-6,19H,2,4,7-11H2,1H3. The summed E-state index contributed by atoms with van der Waals surface area (Å²) in [4.78, 5) is 2.34. The summed E-state index contributed by atoms with van der Waals surface area (Å²) in [5.41, 5.74) is -0.0597. The molecule has 1 heterocycles. The van der Waals surface area contributed by atoms with E-state index in [2.05, 4.69) is 11.8 Å². The molecule has 0 radical (unpaired) electrons. The molecule has 106 valence electrons. The van der Waals surface area contributed by atoms with Crippen LogP contribution in [0.15, 0.2) is 18.2 Å². The van der Waals surface area contributed by atoms with Crippen molar-refractivity contribution in [1.82, 2.24) is 4.90 Å². The molecule has 1 unspecified atom stereocenters. The fourth-order valence-corrected chi connectivity index (χ4v) is 2.96. The second-order valence-corrected chi connectivity index (χ2v) is 5.78. The molecule has 0 bridgehead atoms. The van der Waals surface area contributed by atoms with Gasteiger partial charge < -0.3 is 10.0 Å². The molecule has 0 aromatic heterocycles. The maximum absolute atomic E-state index is 13.4. The first kappa shape index (κ1) is 14.8. The zero-order valence-electron chi connectivity index (χ0n) is 11.3. The van der Waals surface area contributed by atoms with Crippen molar-refractivity contribution >= 4 is 11.6 Å². The van der Waals surface area contributed by atoms with Crippen LogP contribution in [0.4, 0.5) is 4.39 Å². The smallest absolute Gasteiger partial charge is 0.142 e. The molecule has 0 aliphatic carbocycles. The Morgan fingerprint density at radius 1 is 1.37 bits per heavy atom. The van der Waals surface area contributed by atoms with Crippen LogP contribution in [0.25, 0.3) is 0 Å². The summed E-state index contributed by atoms with van der Waals surface area (Å²) >= 11 is 5.97. The topological polar surface area (TPSA) is 23.5 Å². The van der Waals surface area contributed by atoms with Crippen LogP contribution in [-0.4, -0.2) is 35.2 Å². The Hall–Kier alpha value is -0.640. The van der Waals surface area contributed by atoms with Gasteiger partial charge in [0.15, 0.2) is 0 Å². The van der Waals surface area contributed by atoms with Gasteiger partial charge in [0.2, 0.25) is 0 Å². The van der Waals surface area contributed by atoms with Crippen molar-refractivity contribution < 1.29 is 9.50 Å². The van der Waals surface area contributed by atoms with Gasteiger partial charge in [-0.05, 0) is 44.0 Å². The minimum atomic E-state index is -0.763. The van der Waals surface area contributed by atoms with Crippen LogP contribution in [0, 0.1) is 5.82 Å². The van der Waals surface area contributed by atoms with Gasteiger partial charge in [0.1, 0.15) is 5.82 Å². The van der Waals surface area contributed by atoms with Gasteiger partial charge in [-0.25, -0.2) is 4.39 Å². The molecule has 1 aromatic rings. The molecule has 1 fully saturated rings. The van der Waals surface area contributed by atoms with Crippen LogP contribution in [0.3, 0.4) is 0 Å². The highest BCUT2D eigenvalue weighted by Crippen LogP contribution is 2.30. The van der Waals surface area contributed by atoms with Gasteiger partial charge in [-0.3, -0.25) is 0 Å². The first-order chi connectivity index (χ1) is 9.04. The summed E-state index contributed by atoms with van der Waals surface area (Å²) in [6.45, 7) is 5.06. The zero-order chi connectivity index (χ0) is 13.9. The molecule has 0 amide bonds. The van der Waals surface area contributed by atoms with E-state index in [-0.39, 0.29) is 5.02 Å². The number of halogens is 2. The zero-order valence-corrected chi connectivity index (χ0v) is 12.1. The molecule has 1 atom stereocenters. The Balaban J connectivity index is 2.10. The van der Waals surface area contributed by atoms with E-state index in [0.29, 0.717) is 18.4 Å². The van der Waals surface area contributed by atoms with Crippen molar-refractivity contribution in [3.8, 4) is 0 Å². The molecule has 19 heavy (non-hydrogen) atoms. The van der Waals surface area contributed by atoms with Gasteiger partial charge in [-0.15, -0.1) is 0 Å². The Bertz CT molecular complexity index is 440. The summed E-state index contributed by atoms with van der Waals surface area (Å²) in [6, 6.07) is 4.79. The van der Waals surface area contributed by atoms with Gasteiger partial charge >= 0.3 is 0 Å². The van der Waals surface area contributed by atoms with Crippen molar-refractivity contribution in [2.45, 2.75) is 38.2 Å². The number of benzene rings is 1. The normalized spacial score (nSPS) is 25.3. The van der Waals surface area contributed by atoms with E-state index >= 15 is 0 Å². The molecule has 1 aliphatic heterocycles. The largest absolute Gasteiger partial charge is 0.389 e. The van der Waals surface area contributed by atoms with Gasteiger partial charge in [0.25, 0.3) is 0 Å².